The van der Waals surface area contributed by atoms with Crippen molar-refractivity contribution in [2.24, 2.45) is 5.92 Å². The molecule has 0 radical (unpaired) electrons. The molecule has 0 saturated carbocycles. The fraction of sp³-hybridized carbons (Fsp3) is 1.00. The van der Waals surface area contributed by atoms with Crippen molar-refractivity contribution in [3.05, 3.63) is 0 Å². The Hall–Kier alpha value is 0.790. The number of alkyl halides is 3. The van der Waals surface area contributed by atoms with Gasteiger partial charge >= 0.3 is 0 Å². The summed E-state index contributed by atoms with van der Waals surface area (Å²) in [5.41, 5.74) is 0. The van der Waals surface area contributed by atoms with Gasteiger partial charge in [0.2, 0.25) is 3.79 Å². The Kier molecular flexibility index (Phi) is 6.75. The van der Waals surface area contributed by atoms with E-state index in [1.165, 1.54) is 0 Å². The van der Waals surface area contributed by atoms with Crippen molar-refractivity contribution in [3.8, 4) is 0 Å². The first-order valence-electron chi connectivity index (χ1n) is 4.56. The fourth-order valence-corrected chi connectivity index (χ4v) is 1.29. The average Bonchev–Trinajstić information content (AvgIpc) is 1.94. The molecule has 86 valence electrons. The van der Waals surface area contributed by atoms with Crippen LogP contribution < -0.4 is 0 Å². The summed E-state index contributed by atoms with van der Waals surface area (Å²) in [6, 6.07) is 0. The average molecular weight is 263 g/mol. The van der Waals surface area contributed by atoms with Gasteiger partial charge in [0, 0.05) is 13.2 Å². The van der Waals surface area contributed by atoms with Gasteiger partial charge in [0.05, 0.1) is 0 Å². The van der Waals surface area contributed by atoms with Gasteiger partial charge in [-0.3, -0.25) is 0 Å². The van der Waals surface area contributed by atoms with Gasteiger partial charge in [0.15, 0.2) is 0 Å². The molecule has 0 aromatic heterocycles. The largest absolute Gasteiger partial charge is 0.372 e. The lowest BCUT2D eigenvalue weighted by Crippen LogP contribution is -2.39. The van der Waals surface area contributed by atoms with Gasteiger partial charge in [-0.25, -0.2) is 0 Å². The Balaban J connectivity index is 4.12. The molecule has 0 saturated heterocycles. The Labute approximate surface area is 101 Å². The molecule has 0 aliphatic rings. The second-order valence-corrected chi connectivity index (χ2v) is 6.39. The first-order chi connectivity index (χ1) is 6.23. The summed E-state index contributed by atoms with van der Waals surface area (Å²) in [6.45, 7) is 5.33. The number of nitrogens with zero attached hydrogens (tertiary/aromatic N) is 1. The van der Waals surface area contributed by atoms with E-state index in [-0.39, 0.29) is 6.10 Å². The van der Waals surface area contributed by atoms with Crippen molar-refractivity contribution in [1.29, 1.82) is 0 Å². The van der Waals surface area contributed by atoms with Crippen molar-refractivity contribution in [3.63, 3.8) is 0 Å². The van der Waals surface area contributed by atoms with Gasteiger partial charge < -0.3 is 9.64 Å². The quantitative estimate of drug-likeness (QED) is 0.707. The number of ether oxygens (including phenoxy) is 1. The number of rotatable bonds is 5. The molecule has 0 aliphatic carbocycles. The first-order valence-corrected chi connectivity index (χ1v) is 5.70. The highest BCUT2D eigenvalue weighted by atomic mass is 35.6. The summed E-state index contributed by atoms with van der Waals surface area (Å²) in [4.78, 5) is 1.94. The third-order valence-corrected chi connectivity index (χ3v) is 2.26. The molecule has 5 heteroatoms. The molecule has 0 aromatic rings. The monoisotopic (exact) mass is 261 g/mol. The summed E-state index contributed by atoms with van der Waals surface area (Å²) in [5.74, 6) is 0.437. The van der Waals surface area contributed by atoms with Crippen molar-refractivity contribution >= 4 is 34.8 Å². The van der Waals surface area contributed by atoms with Gasteiger partial charge in [-0.15, -0.1) is 0 Å². The van der Waals surface area contributed by atoms with Crippen molar-refractivity contribution in [2.75, 3.05) is 27.2 Å². The van der Waals surface area contributed by atoms with E-state index in [2.05, 4.69) is 13.8 Å². The Morgan fingerprint density at radius 3 is 2.00 bits per heavy atom. The summed E-state index contributed by atoms with van der Waals surface area (Å²) < 4.78 is 4.18. The van der Waals surface area contributed by atoms with Crippen LogP contribution in [-0.4, -0.2) is 42.0 Å². The standard InChI is InChI=1S/C9H18Cl3NO/c1-7(2)6-14-8(5-13(3)4)9(10,11)12/h7-8H,5-6H2,1-4H3. The zero-order chi connectivity index (χ0) is 11.4. The summed E-state index contributed by atoms with van der Waals surface area (Å²) in [7, 11) is 3.84. The lowest BCUT2D eigenvalue weighted by molar-refractivity contribution is 0.0232. The number of hydrogen-bond acceptors (Lipinski definition) is 2. The molecule has 0 heterocycles. The Morgan fingerprint density at radius 2 is 1.71 bits per heavy atom. The highest BCUT2D eigenvalue weighted by molar-refractivity contribution is 6.68. The van der Waals surface area contributed by atoms with E-state index < -0.39 is 3.79 Å². The molecule has 0 spiro atoms. The second kappa shape index (κ2) is 6.39. The van der Waals surface area contributed by atoms with Gasteiger partial charge in [-0.1, -0.05) is 48.7 Å². The van der Waals surface area contributed by atoms with E-state index in [4.69, 9.17) is 39.5 Å². The van der Waals surface area contributed by atoms with E-state index in [0.29, 0.717) is 19.1 Å². The van der Waals surface area contributed by atoms with Crippen LogP contribution >= 0.6 is 34.8 Å². The van der Waals surface area contributed by atoms with Crippen LogP contribution in [0, 0.1) is 5.92 Å². The van der Waals surface area contributed by atoms with Crippen LogP contribution in [0.1, 0.15) is 13.8 Å². The van der Waals surface area contributed by atoms with Crippen LogP contribution in [0.3, 0.4) is 0 Å². The molecule has 0 N–H and O–H groups in total. The first kappa shape index (κ1) is 14.8. The maximum Gasteiger partial charge on any atom is 0.217 e. The van der Waals surface area contributed by atoms with E-state index in [9.17, 15) is 0 Å². The fourth-order valence-electron chi connectivity index (χ4n) is 0.891. The highest BCUT2D eigenvalue weighted by Gasteiger charge is 2.33. The molecule has 0 aliphatic heterocycles. The van der Waals surface area contributed by atoms with Gasteiger partial charge in [0.25, 0.3) is 0 Å². The van der Waals surface area contributed by atoms with Gasteiger partial charge in [-0.05, 0) is 20.0 Å². The number of hydrogen-bond donors (Lipinski definition) is 0. The Bertz CT molecular complexity index is 157. The van der Waals surface area contributed by atoms with E-state index in [1.807, 2.05) is 19.0 Å². The maximum atomic E-state index is 5.81. The van der Waals surface area contributed by atoms with Gasteiger partial charge in [-0.2, -0.15) is 0 Å². The molecule has 1 atom stereocenters. The minimum Gasteiger partial charge on any atom is -0.372 e. The molecule has 0 amide bonds. The molecule has 0 bridgehead atoms. The Morgan fingerprint density at radius 1 is 1.21 bits per heavy atom. The van der Waals surface area contributed by atoms with Gasteiger partial charge in [0.1, 0.15) is 6.10 Å². The molecule has 0 fully saturated rings. The predicted molar refractivity (Wildman–Crippen MR) is 63.4 cm³/mol. The third-order valence-electron chi connectivity index (χ3n) is 1.53. The minimum absolute atomic E-state index is 0.384. The summed E-state index contributed by atoms with van der Waals surface area (Å²) >= 11 is 17.4. The molecule has 0 aromatic carbocycles. The van der Waals surface area contributed by atoms with Crippen LogP contribution in [0.25, 0.3) is 0 Å². The topological polar surface area (TPSA) is 12.5 Å². The molecule has 0 rings (SSSR count). The van der Waals surface area contributed by atoms with E-state index in [0.717, 1.165) is 0 Å². The van der Waals surface area contributed by atoms with Crippen LogP contribution in [0.2, 0.25) is 0 Å². The van der Waals surface area contributed by atoms with E-state index >= 15 is 0 Å². The molecule has 2 nitrogen and oxygen atoms in total. The predicted octanol–water partition coefficient (Wildman–Crippen LogP) is 2.96. The van der Waals surface area contributed by atoms with Crippen molar-refractivity contribution in [2.45, 2.75) is 23.7 Å². The lowest BCUT2D eigenvalue weighted by atomic mass is 10.2. The SMILES string of the molecule is CC(C)COC(CN(C)C)C(Cl)(Cl)Cl. The van der Waals surface area contributed by atoms with Crippen LogP contribution in [0.5, 0.6) is 0 Å². The molecular weight excluding hydrogens is 244 g/mol. The number of halogens is 3. The third kappa shape index (κ3) is 7.13. The smallest absolute Gasteiger partial charge is 0.217 e. The maximum absolute atomic E-state index is 5.81. The molecule has 14 heavy (non-hydrogen) atoms. The summed E-state index contributed by atoms with van der Waals surface area (Å²) in [6.07, 6.45) is -0.384. The van der Waals surface area contributed by atoms with Crippen LogP contribution in [-0.2, 0) is 4.74 Å². The second-order valence-electron chi connectivity index (χ2n) is 4.02. The lowest BCUT2D eigenvalue weighted by Gasteiger charge is -2.28. The molecular formula is C9H18Cl3NO. The van der Waals surface area contributed by atoms with Crippen molar-refractivity contribution in [1.82, 2.24) is 4.90 Å². The normalized spacial score (nSPS) is 15.2. The van der Waals surface area contributed by atoms with E-state index in [1.54, 1.807) is 0 Å². The summed E-state index contributed by atoms with van der Waals surface area (Å²) in [5, 5.41) is 0. The zero-order valence-electron chi connectivity index (χ0n) is 9.06. The van der Waals surface area contributed by atoms with Crippen molar-refractivity contribution < 1.29 is 4.74 Å². The zero-order valence-corrected chi connectivity index (χ0v) is 11.3. The number of likely N-dealkylation sites (N-methyl/N-ethyl adjacent to an activating group) is 1. The van der Waals surface area contributed by atoms with Crippen LogP contribution in [0.15, 0.2) is 0 Å². The molecule has 1 unspecified atom stereocenters. The minimum atomic E-state index is -1.36. The highest BCUT2D eigenvalue weighted by Crippen LogP contribution is 2.32. The van der Waals surface area contributed by atoms with Crippen LogP contribution in [0.4, 0.5) is 0 Å².